The quantitative estimate of drug-likeness (QED) is 0.547. The normalized spacial score (nSPS) is 11.8. The summed E-state index contributed by atoms with van der Waals surface area (Å²) in [6.45, 7) is 1.75. The number of benzene rings is 2. The highest BCUT2D eigenvalue weighted by Gasteiger charge is 2.21. The molecule has 0 aliphatic carbocycles. The van der Waals surface area contributed by atoms with Crippen LogP contribution in [0.1, 0.15) is 28.9 Å². The fourth-order valence-electron chi connectivity index (χ4n) is 3.15. The van der Waals surface area contributed by atoms with Gasteiger partial charge in [-0.3, -0.25) is 9.78 Å². The van der Waals surface area contributed by atoms with Crippen LogP contribution in [0.25, 0.3) is 16.9 Å². The van der Waals surface area contributed by atoms with Crippen molar-refractivity contribution in [3.63, 3.8) is 0 Å². The minimum absolute atomic E-state index is 0.332. The van der Waals surface area contributed by atoms with Crippen LogP contribution in [0.4, 0.5) is 4.39 Å². The van der Waals surface area contributed by atoms with Gasteiger partial charge in [-0.15, -0.1) is 0 Å². The van der Waals surface area contributed by atoms with Crippen molar-refractivity contribution in [3.8, 4) is 16.9 Å². The van der Waals surface area contributed by atoms with Gasteiger partial charge in [0.1, 0.15) is 11.5 Å². The number of carbonyl (C=O) groups excluding carboxylic acids is 1. The molecule has 4 rings (SSSR count). The van der Waals surface area contributed by atoms with Crippen molar-refractivity contribution in [2.45, 2.75) is 13.0 Å². The maximum absolute atomic E-state index is 14.1. The predicted molar refractivity (Wildman–Crippen MR) is 109 cm³/mol. The standard InChI is InChI=1S/C23H19FN4O/c1-16(19-11-5-6-12-21(19)24)26-23(29)20-15-28(18-9-3-2-4-10-18)27-22(20)17-8-7-13-25-14-17/h2-16H,1H3,(H,26,29)/t16-/m1/s1. The first kappa shape index (κ1) is 18.6. The predicted octanol–water partition coefficient (Wildman–Crippen LogP) is 4.56. The summed E-state index contributed by atoms with van der Waals surface area (Å²) in [4.78, 5) is 17.2. The van der Waals surface area contributed by atoms with Gasteiger partial charge in [0.15, 0.2) is 0 Å². The monoisotopic (exact) mass is 386 g/mol. The Morgan fingerprint density at radius 3 is 2.52 bits per heavy atom. The molecule has 6 heteroatoms. The number of nitrogens with one attached hydrogen (secondary N) is 1. The molecule has 1 atom stereocenters. The molecule has 1 amide bonds. The number of aromatic nitrogens is 3. The van der Waals surface area contributed by atoms with Crippen LogP contribution in [0.5, 0.6) is 0 Å². The van der Waals surface area contributed by atoms with Crippen LogP contribution in [0.15, 0.2) is 85.3 Å². The van der Waals surface area contributed by atoms with Crippen molar-refractivity contribution >= 4 is 5.91 Å². The van der Waals surface area contributed by atoms with Crippen molar-refractivity contribution in [1.82, 2.24) is 20.1 Å². The van der Waals surface area contributed by atoms with Crippen molar-refractivity contribution < 1.29 is 9.18 Å². The second kappa shape index (κ2) is 8.06. The molecule has 0 saturated heterocycles. The SMILES string of the molecule is C[C@@H](NC(=O)c1cn(-c2ccccc2)nc1-c1cccnc1)c1ccccc1F. The van der Waals surface area contributed by atoms with Gasteiger partial charge in [-0.25, -0.2) is 9.07 Å². The zero-order valence-electron chi connectivity index (χ0n) is 15.8. The summed E-state index contributed by atoms with van der Waals surface area (Å²) in [6, 6.07) is 19.1. The first-order valence-electron chi connectivity index (χ1n) is 9.24. The second-order valence-corrected chi connectivity index (χ2v) is 6.63. The Labute approximate surface area is 167 Å². The zero-order chi connectivity index (χ0) is 20.2. The van der Waals surface area contributed by atoms with E-state index in [1.807, 2.05) is 36.4 Å². The van der Waals surface area contributed by atoms with E-state index >= 15 is 0 Å². The summed E-state index contributed by atoms with van der Waals surface area (Å²) >= 11 is 0. The lowest BCUT2D eigenvalue weighted by molar-refractivity contribution is 0.0940. The van der Waals surface area contributed by atoms with Gasteiger partial charge in [-0.05, 0) is 37.3 Å². The summed E-state index contributed by atoms with van der Waals surface area (Å²) in [5, 5.41) is 7.49. The number of para-hydroxylation sites is 1. The van der Waals surface area contributed by atoms with Crippen molar-refractivity contribution in [3.05, 3.63) is 102 Å². The third-order valence-corrected chi connectivity index (χ3v) is 4.63. The van der Waals surface area contributed by atoms with E-state index in [0.29, 0.717) is 16.8 Å². The van der Waals surface area contributed by atoms with Crippen molar-refractivity contribution in [1.29, 1.82) is 0 Å². The number of hydrogen-bond acceptors (Lipinski definition) is 3. The number of nitrogens with zero attached hydrogens (tertiary/aromatic N) is 3. The lowest BCUT2D eigenvalue weighted by Gasteiger charge is -2.15. The highest BCUT2D eigenvalue weighted by Crippen LogP contribution is 2.24. The van der Waals surface area contributed by atoms with Crippen LogP contribution in [0, 0.1) is 5.82 Å². The van der Waals surface area contributed by atoms with Crippen LogP contribution in [0.2, 0.25) is 0 Å². The Balaban J connectivity index is 1.71. The molecule has 29 heavy (non-hydrogen) atoms. The van der Waals surface area contributed by atoms with E-state index in [-0.39, 0.29) is 11.7 Å². The number of carbonyl (C=O) groups is 1. The van der Waals surface area contributed by atoms with Crippen LogP contribution in [0.3, 0.4) is 0 Å². The lowest BCUT2D eigenvalue weighted by Crippen LogP contribution is -2.27. The zero-order valence-corrected chi connectivity index (χ0v) is 15.8. The summed E-state index contributed by atoms with van der Waals surface area (Å²) < 4.78 is 15.7. The molecule has 0 fully saturated rings. The molecule has 1 N–H and O–H groups in total. The number of halogens is 1. The van der Waals surface area contributed by atoms with E-state index in [9.17, 15) is 9.18 Å². The van der Waals surface area contributed by atoms with E-state index in [1.54, 1.807) is 54.5 Å². The van der Waals surface area contributed by atoms with E-state index in [1.165, 1.54) is 6.07 Å². The average molecular weight is 386 g/mol. The topological polar surface area (TPSA) is 59.8 Å². The molecule has 0 aliphatic rings. The van der Waals surface area contributed by atoms with Gasteiger partial charge < -0.3 is 5.32 Å². The van der Waals surface area contributed by atoms with Gasteiger partial charge in [0.25, 0.3) is 5.91 Å². The Hall–Kier alpha value is -3.80. The smallest absolute Gasteiger partial charge is 0.255 e. The fraction of sp³-hybridized carbons (Fsp3) is 0.0870. The molecule has 0 radical (unpaired) electrons. The van der Waals surface area contributed by atoms with Gasteiger partial charge in [-0.2, -0.15) is 5.10 Å². The van der Waals surface area contributed by atoms with Gasteiger partial charge in [0.05, 0.1) is 17.3 Å². The number of rotatable bonds is 5. The Morgan fingerprint density at radius 1 is 1.03 bits per heavy atom. The van der Waals surface area contributed by atoms with Crippen molar-refractivity contribution in [2.75, 3.05) is 0 Å². The largest absolute Gasteiger partial charge is 0.345 e. The van der Waals surface area contributed by atoms with E-state index < -0.39 is 6.04 Å². The Kier molecular flexibility index (Phi) is 5.16. The highest BCUT2D eigenvalue weighted by atomic mass is 19.1. The second-order valence-electron chi connectivity index (χ2n) is 6.63. The molecule has 4 aromatic rings. The average Bonchev–Trinajstić information content (AvgIpc) is 3.21. The number of amides is 1. The van der Waals surface area contributed by atoms with Crippen LogP contribution in [-0.4, -0.2) is 20.7 Å². The first-order chi connectivity index (χ1) is 14.1. The molecule has 0 saturated carbocycles. The molecule has 0 unspecified atom stereocenters. The van der Waals surface area contributed by atoms with Crippen LogP contribution < -0.4 is 5.32 Å². The van der Waals surface area contributed by atoms with E-state index in [4.69, 9.17) is 0 Å². The van der Waals surface area contributed by atoms with E-state index in [2.05, 4.69) is 15.4 Å². The molecule has 2 aromatic heterocycles. The molecule has 144 valence electrons. The molecular weight excluding hydrogens is 367 g/mol. The van der Waals surface area contributed by atoms with Crippen molar-refractivity contribution in [2.24, 2.45) is 0 Å². The third kappa shape index (κ3) is 3.91. The molecule has 0 aliphatic heterocycles. The summed E-state index contributed by atoms with van der Waals surface area (Å²) in [5.41, 5.74) is 2.90. The maximum Gasteiger partial charge on any atom is 0.255 e. The maximum atomic E-state index is 14.1. The minimum atomic E-state index is -0.495. The third-order valence-electron chi connectivity index (χ3n) is 4.63. The fourth-order valence-corrected chi connectivity index (χ4v) is 3.15. The van der Waals surface area contributed by atoms with Gasteiger partial charge in [0, 0.05) is 29.7 Å². The molecule has 0 spiro atoms. The Morgan fingerprint density at radius 2 is 1.79 bits per heavy atom. The lowest BCUT2D eigenvalue weighted by atomic mass is 10.1. The van der Waals surface area contributed by atoms with Crippen LogP contribution in [-0.2, 0) is 0 Å². The molecule has 5 nitrogen and oxygen atoms in total. The van der Waals surface area contributed by atoms with Gasteiger partial charge in [0.2, 0.25) is 0 Å². The summed E-state index contributed by atoms with van der Waals surface area (Å²) in [6.07, 6.45) is 5.01. The molecule has 2 heterocycles. The molecule has 2 aromatic carbocycles. The summed E-state index contributed by atoms with van der Waals surface area (Å²) in [7, 11) is 0. The molecule has 0 bridgehead atoms. The van der Waals surface area contributed by atoms with Gasteiger partial charge >= 0.3 is 0 Å². The molecular formula is C23H19FN4O. The highest BCUT2D eigenvalue weighted by molar-refractivity contribution is 6.00. The van der Waals surface area contributed by atoms with Crippen LogP contribution >= 0.6 is 0 Å². The minimum Gasteiger partial charge on any atom is -0.345 e. The van der Waals surface area contributed by atoms with E-state index in [0.717, 1.165) is 11.3 Å². The summed E-state index contributed by atoms with van der Waals surface area (Å²) in [5.74, 6) is -0.686. The van der Waals surface area contributed by atoms with Gasteiger partial charge in [-0.1, -0.05) is 36.4 Å². The first-order valence-corrected chi connectivity index (χ1v) is 9.24. The number of pyridine rings is 1. The number of hydrogen-bond donors (Lipinski definition) is 1. The Bertz CT molecular complexity index is 1130.